The molecule has 2 rings (SSSR count). The van der Waals surface area contributed by atoms with Crippen molar-refractivity contribution in [2.24, 2.45) is 0 Å². The van der Waals surface area contributed by atoms with Crippen LogP contribution in [0.2, 0.25) is 5.02 Å². The van der Waals surface area contributed by atoms with Crippen LogP contribution in [0.25, 0.3) is 11.3 Å². The summed E-state index contributed by atoms with van der Waals surface area (Å²) in [6, 6.07) is 9.37. The van der Waals surface area contributed by atoms with E-state index in [4.69, 9.17) is 11.6 Å². The smallest absolute Gasteiger partial charge is 0.264 e. The molecule has 0 unspecified atom stereocenters. The molecule has 0 atom stereocenters. The maximum absolute atomic E-state index is 12.1. The molecule has 0 aliphatic carbocycles. The van der Waals surface area contributed by atoms with Crippen LogP contribution in [0, 0.1) is 3.57 Å². The Hall–Kier alpha value is -0.330. The molecule has 0 saturated carbocycles. The highest BCUT2D eigenvalue weighted by Crippen LogP contribution is 2.30. The Labute approximate surface area is 132 Å². The molecule has 1 aromatic heterocycles. The van der Waals surface area contributed by atoms with E-state index < -0.39 is 0 Å². The zero-order valence-electron chi connectivity index (χ0n) is 9.58. The first-order valence-corrected chi connectivity index (χ1v) is 7.64. The third-order valence-corrected chi connectivity index (χ3v) is 4.36. The number of nitrogens with zero attached hydrogens (tertiary/aromatic N) is 1. The van der Waals surface area contributed by atoms with E-state index in [9.17, 15) is 4.79 Å². The highest BCUT2D eigenvalue weighted by molar-refractivity contribution is 14.1. The molecule has 0 N–H and O–H groups in total. The van der Waals surface area contributed by atoms with Crippen molar-refractivity contribution in [1.82, 2.24) is 4.57 Å². The molecule has 0 spiro atoms. The summed E-state index contributed by atoms with van der Waals surface area (Å²) in [5.74, 6) is 0. The number of halogens is 3. The first kappa shape index (κ1) is 14.1. The number of pyridine rings is 1. The molecule has 2 nitrogen and oxygen atoms in total. The van der Waals surface area contributed by atoms with Crippen LogP contribution in [-0.4, -0.2) is 4.57 Å². The first-order valence-electron chi connectivity index (χ1n) is 5.39. The second kappa shape index (κ2) is 5.75. The Morgan fingerprint density at radius 1 is 1.33 bits per heavy atom. The predicted molar refractivity (Wildman–Crippen MR) is 87.2 cm³/mol. The van der Waals surface area contributed by atoms with Gasteiger partial charge in [0.2, 0.25) is 0 Å². The van der Waals surface area contributed by atoms with Crippen molar-refractivity contribution in [2.45, 2.75) is 13.5 Å². The molecular weight excluding hydrogens is 428 g/mol. The Balaban J connectivity index is 2.71. The van der Waals surface area contributed by atoms with Crippen LogP contribution in [0.15, 0.2) is 39.6 Å². The third kappa shape index (κ3) is 2.65. The zero-order chi connectivity index (χ0) is 13.3. The van der Waals surface area contributed by atoms with Gasteiger partial charge in [-0.3, -0.25) is 4.79 Å². The van der Waals surface area contributed by atoms with Gasteiger partial charge in [-0.1, -0.05) is 33.6 Å². The van der Waals surface area contributed by atoms with E-state index in [1.54, 1.807) is 4.57 Å². The Morgan fingerprint density at radius 3 is 2.67 bits per heavy atom. The van der Waals surface area contributed by atoms with Crippen LogP contribution in [-0.2, 0) is 6.54 Å². The molecule has 94 valence electrons. The van der Waals surface area contributed by atoms with Crippen LogP contribution in [0.3, 0.4) is 0 Å². The van der Waals surface area contributed by atoms with Crippen LogP contribution in [0.4, 0.5) is 0 Å². The molecule has 0 bridgehead atoms. The fraction of sp³-hybridized carbons (Fsp3) is 0.154. The maximum Gasteiger partial charge on any atom is 0.264 e. The van der Waals surface area contributed by atoms with Gasteiger partial charge in [-0.05, 0) is 53.8 Å². The standard InChI is InChI=1S/C13H10BrClINO/c1-2-17-12(6-5-11(16)13(17)18)9-4-3-8(15)7-10(9)14/h3-7H,2H2,1H3. The summed E-state index contributed by atoms with van der Waals surface area (Å²) in [5, 5.41) is 0.668. The van der Waals surface area contributed by atoms with E-state index in [2.05, 4.69) is 38.5 Å². The number of hydrogen-bond donors (Lipinski definition) is 0. The van der Waals surface area contributed by atoms with E-state index in [0.717, 1.165) is 19.3 Å². The summed E-state index contributed by atoms with van der Waals surface area (Å²) in [5.41, 5.74) is 1.90. The predicted octanol–water partition coefficient (Wildman–Crippen LogP) is 4.56. The van der Waals surface area contributed by atoms with Crippen molar-refractivity contribution >= 4 is 50.1 Å². The largest absolute Gasteiger partial charge is 0.308 e. The lowest BCUT2D eigenvalue weighted by atomic mass is 10.1. The Bertz CT molecular complexity index is 654. The van der Waals surface area contributed by atoms with Gasteiger partial charge < -0.3 is 4.57 Å². The molecule has 0 radical (unpaired) electrons. The molecule has 1 aromatic carbocycles. The molecule has 5 heteroatoms. The van der Waals surface area contributed by atoms with Crippen LogP contribution in [0.1, 0.15) is 6.92 Å². The maximum atomic E-state index is 12.1. The molecule has 0 fully saturated rings. The van der Waals surface area contributed by atoms with Gasteiger partial charge >= 0.3 is 0 Å². The summed E-state index contributed by atoms with van der Waals surface area (Å²) in [7, 11) is 0. The topological polar surface area (TPSA) is 22.0 Å². The van der Waals surface area contributed by atoms with Crippen LogP contribution in [0.5, 0.6) is 0 Å². The minimum absolute atomic E-state index is 0.0393. The Morgan fingerprint density at radius 2 is 2.06 bits per heavy atom. The summed E-state index contributed by atoms with van der Waals surface area (Å²) in [6.45, 7) is 2.60. The second-order valence-corrected chi connectivity index (χ2v) is 6.19. The van der Waals surface area contributed by atoms with Crippen LogP contribution >= 0.6 is 50.1 Å². The molecule has 18 heavy (non-hydrogen) atoms. The van der Waals surface area contributed by atoms with Crippen molar-refractivity contribution in [3.63, 3.8) is 0 Å². The fourth-order valence-corrected chi connectivity index (χ4v) is 3.15. The SMILES string of the molecule is CCn1c(-c2ccc(Cl)cc2Br)ccc(I)c1=O. The van der Waals surface area contributed by atoms with Gasteiger partial charge in [-0.2, -0.15) is 0 Å². The van der Waals surface area contributed by atoms with E-state index >= 15 is 0 Å². The van der Waals surface area contributed by atoms with E-state index in [1.165, 1.54) is 0 Å². The van der Waals surface area contributed by atoms with E-state index in [0.29, 0.717) is 11.6 Å². The summed E-state index contributed by atoms with van der Waals surface area (Å²) in [6.07, 6.45) is 0. The molecular formula is C13H10BrClINO. The van der Waals surface area contributed by atoms with Gasteiger partial charge in [0.05, 0.1) is 9.26 Å². The second-order valence-electron chi connectivity index (χ2n) is 3.74. The normalized spacial score (nSPS) is 10.7. The average Bonchev–Trinajstić information content (AvgIpc) is 2.33. The van der Waals surface area contributed by atoms with E-state index in [1.807, 2.05) is 37.3 Å². The summed E-state index contributed by atoms with van der Waals surface area (Å²) in [4.78, 5) is 12.1. The van der Waals surface area contributed by atoms with Gasteiger partial charge in [-0.25, -0.2) is 0 Å². The summed E-state index contributed by atoms with van der Waals surface area (Å²) < 4.78 is 3.37. The summed E-state index contributed by atoms with van der Waals surface area (Å²) >= 11 is 11.5. The fourth-order valence-electron chi connectivity index (χ4n) is 1.80. The highest BCUT2D eigenvalue weighted by Gasteiger charge is 2.10. The molecule has 2 aromatic rings. The molecule has 1 heterocycles. The first-order chi connectivity index (χ1) is 8.54. The van der Waals surface area contributed by atoms with Crippen molar-refractivity contribution in [3.8, 4) is 11.3 Å². The number of hydrogen-bond acceptors (Lipinski definition) is 1. The molecule has 0 saturated heterocycles. The lowest BCUT2D eigenvalue weighted by Gasteiger charge is -2.13. The number of rotatable bonds is 2. The van der Waals surface area contributed by atoms with Gasteiger partial charge in [0.1, 0.15) is 0 Å². The van der Waals surface area contributed by atoms with Gasteiger partial charge in [-0.15, -0.1) is 0 Å². The molecule has 0 amide bonds. The third-order valence-electron chi connectivity index (χ3n) is 2.65. The highest BCUT2D eigenvalue weighted by atomic mass is 127. The van der Waals surface area contributed by atoms with Crippen molar-refractivity contribution in [3.05, 3.63) is 53.8 Å². The minimum atomic E-state index is 0.0393. The zero-order valence-corrected chi connectivity index (χ0v) is 14.1. The van der Waals surface area contributed by atoms with E-state index in [-0.39, 0.29) is 5.56 Å². The average molecular weight is 438 g/mol. The van der Waals surface area contributed by atoms with Gasteiger partial charge in [0.25, 0.3) is 5.56 Å². The Kier molecular flexibility index (Phi) is 4.50. The monoisotopic (exact) mass is 437 g/mol. The van der Waals surface area contributed by atoms with Gasteiger partial charge in [0.15, 0.2) is 0 Å². The lowest BCUT2D eigenvalue weighted by molar-refractivity contribution is 0.731. The quantitative estimate of drug-likeness (QED) is 0.631. The van der Waals surface area contributed by atoms with Crippen molar-refractivity contribution in [1.29, 1.82) is 0 Å². The number of benzene rings is 1. The van der Waals surface area contributed by atoms with Crippen molar-refractivity contribution < 1.29 is 0 Å². The molecule has 0 aliphatic heterocycles. The minimum Gasteiger partial charge on any atom is -0.308 e. The lowest BCUT2D eigenvalue weighted by Crippen LogP contribution is -2.22. The van der Waals surface area contributed by atoms with Crippen molar-refractivity contribution in [2.75, 3.05) is 0 Å². The molecule has 0 aliphatic rings. The van der Waals surface area contributed by atoms with Gasteiger partial charge in [0, 0.05) is 21.6 Å². The van der Waals surface area contributed by atoms with Crippen LogP contribution < -0.4 is 5.56 Å². The number of aromatic nitrogens is 1.